The standard InChI is InChI=1S/C13H18N4O/c1-5-17-8-14-7-9(17)12-15-10(13(2,3)4)6-11(18)16-12/h6-8H,5H2,1-4H3,(H,15,16,18). The number of aryl methyl sites for hydroxylation is 1. The van der Waals surface area contributed by atoms with Gasteiger partial charge in [0, 0.05) is 18.0 Å². The van der Waals surface area contributed by atoms with Crippen LogP contribution in [0.15, 0.2) is 23.4 Å². The molecule has 5 heteroatoms. The molecule has 2 aromatic rings. The van der Waals surface area contributed by atoms with E-state index in [1.807, 2.05) is 32.3 Å². The lowest BCUT2D eigenvalue weighted by Crippen LogP contribution is -2.20. The summed E-state index contributed by atoms with van der Waals surface area (Å²) in [5.41, 5.74) is 1.33. The average Bonchev–Trinajstić information content (AvgIpc) is 2.74. The second kappa shape index (κ2) is 4.40. The third-order valence-corrected chi connectivity index (χ3v) is 2.81. The van der Waals surface area contributed by atoms with Crippen LogP contribution in [0.5, 0.6) is 0 Å². The normalized spacial score (nSPS) is 11.8. The Bertz CT molecular complexity index is 604. The molecule has 0 radical (unpaired) electrons. The topological polar surface area (TPSA) is 63.6 Å². The summed E-state index contributed by atoms with van der Waals surface area (Å²) in [6.07, 6.45) is 3.45. The predicted octanol–water partition coefficient (Wildman–Crippen LogP) is 1.95. The number of hydrogen-bond donors (Lipinski definition) is 1. The van der Waals surface area contributed by atoms with Crippen molar-refractivity contribution >= 4 is 0 Å². The fraction of sp³-hybridized carbons (Fsp3) is 0.462. The zero-order valence-corrected chi connectivity index (χ0v) is 11.2. The van der Waals surface area contributed by atoms with Gasteiger partial charge in [0.2, 0.25) is 0 Å². The molecule has 0 aliphatic rings. The molecular weight excluding hydrogens is 228 g/mol. The molecule has 0 aliphatic heterocycles. The zero-order chi connectivity index (χ0) is 13.3. The van der Waals surface area contributed by atoms with Crippen molar-refractivity contribution in [3.8, 4) is 11.5 Å². The fourth-order valence-electron chi connectivity index (χ4n) is 1.73. The van der Waals surface area contributed by atoms with Crippen molar-refractivity contribution in [2.75, 3.05) is 0 Å². The third kappa shape index (κ3) is 2.34. The molecule has 0 saturated heterocycles. The van der Waals surface area contributed by atoms with Gasteiger partial charge in [0.15, 0.2) is 5.82 Å². The Morgan fingerprint density at radius 2 is 2.11 bits per heavy atom. The van der Waals surface area contributed by atoms with E-state index in [4.69, 9.17) is 0 Å². The van der Waals surface area contributed by atoms with Gasteiger partial charge in [0.05, 0.1) is 18.2 Å². The third-order valence-electron chi connectivity index (χ3n) is 2.81. The van der Waals surface area contributed by atoms with Gasteiger partial charge in [-0.15, -0.1) is 0 Å². The van der Waals surface area contributed by atoms with E-state index in [0.29, 0.717) is 5.82 Å². The molecule has 0 aromatic carbocycles. The highest BCUT2D eigenvalue weighted by Crippen LogP contribution is 2.21. The Balaban J connectivity index is 2.59. The minimum Gasteiger partial charge on any atom is -0.328 e. The Kier molecular flexibility index (Phi) is 3.07. The van der Waals surface area contributed by atoms with Gasteiger partial charge in [-0.3, -0.25) is 4.79 Å². The largest absolute Gasteiger partial charge is 0.328 e. The number of aromatic amines is 1. The Labute approximate surface area is 106 Å². The monoisotopic (exact) mass is 246 g/mol. The number of nitrogens with one attached hydrogen (secondary N) is 1. The van der Waals surface area contributed by atoms with Crippen molar-refractivity contribution in [3.63, 3.8) is 0 Å². The van der Waals surface area contributed by atoms with E-state index < -0.39 is 0 Å². The van der Waals surface area contributed by atoms with E-state index in [2.05, 4.69) is 15.0 Å². The smallest absolute Gasteiger partial charge is 0.251 e. The van der Waals surface area contributed by atoms with Gasteiger partial charge >= 0.3 is 0 Å². The first kappa shape index (κ1) is 12.5. The van der Waals surface area contributed by atoms with Gasteiger partial charge in [0.25, 0.3) is 5.56 Å². The van der Waals surface area contributed by atoms with Crippen molar-refractivity contribution in [3.05, 3.63) is 34.6 Å². The lowest BCUT2D eigenvalue weighted by molar-refractivity contribution is 0.566. The van der Waals surface area contributed by atoms with Crippen molar-refractivity contribution in [1.82, 2.24) is 19.5 Å². The molecule has 0 amide bonds. The van der Waals surface area contributed by atoms with Crippen LogP contribution in [-0.2, 0) is 12.0 Å². The number of rotatable bonds is 2. The minimum atomic E-state index is -0.153. The first-order valence-corrected chi connectivity index (χ1v) is 6.04. The molecule has 0 unspecified atom stereocenters. The van der Waals surface area contributed by atoms with Crippen molar-refractivity contribution in [1.29, 1.82) is 0 Å². The van der Waals surface area contributed by atoms with Crippen LogP contribution in [0.2, 0.25) is 0 Å². The highest BCUT2D eigenvalue weighted by atomic mass is 16.1. The Hall–Kier alpha value is -1.91. The van der Waals surface area contributed by atoms with Crippen LogP contribution in [0.1, 0.15) is 33.4 Å². The SMILES string of the molecule is CCn1cncc1-c1nc(C(C)(C)C)cc(=O)[nH]1. The summed E-state index contributed by atoms with van der Waals surface area (Å²) in [4.78, 5) is 23.1. The van der Waals surface area contributed by atoms with Gasteiger partial charge in [-0.25, -0.2) is 9.97 Å². The maximum atomic E-state index is 11.7. The van der Waals surface area contributed by atoms with Gasteiger partial charge < -0.3 is 9.55 Å². The average molecular weight is 246 g/mol. The summed E-state index contributed by atoms with van der Waals surface area (Å²) in [7, 11) is 0. The predicted molar refractivity (Wildman–Crippen MR) is 70.5 cm³/mol. The Morgan fingerprint density at radius 1 is 1.39 bits per heavy atom. The van der Waals surface area contributed by atoms with Crippen molar-refractivity contribution < 1.29 is 0 Å². The summed E-state index contributed by atoms with van der Waals surface area (Å²) in [6, 6.07) is 1.55. The molecule has 0 aliphatic carbocycles. The molecule has 0 bridgehead atoms. The minimum absolute atomic E-state index is 0.131. The van der Waals surface area contributed by atoms with Crippen molar-refractivity contribution in [2.24, 2.45) is 0 Å². The van der Waals surface area contributed by atoms with E-state index in [9.17, 15) is 4.79 Å². The van der Waals surface area contributed by atoms with Gasteiger partial charge in [-0.1, -0.05) is 20.8 Å². The molecule has 2 aromatic heterocycles. The van der Waals surface area contributed by atoms with Crippen LogP contribution in [0.25, 0.3) is 11.5 Å². The quantitative estimate of drug-likeness (QED) is 0.880. The lowest BCUT2D eigenvalue weighted by atomic mass is 9.92. The molecule has 0 atom stereocenters. The second-order valence-corrected chi connectivity index (χ2v) is 5.29. The van der Waals surface area contributed by atoms with Gasteiger partial charge in [-0.2, -0.15) is 0 Å². The molecule has 0 saturated carbocycles. The van der Waals surface area contributed by atoms with E-state index >= 15 is 0 Å². The van der Waals surface area contributed by atoms with Crippen LogP contribution >= 0.6 is 0 Å². The number of hydrogen-bond acceptors (Lipinski definition) is 3. The van der Waals surface area contributed by atoms with Crippen LogP contribution in [0, 0.1) is 0 Å². The summed E-state index contributed by atoms with van der Waals surface area (Å²) in [6.45, 7) is 8.93. The van der Waals surface area contributed by atoms with E-state index in [1.54, 1.807) is 18.6 Å². The highest BCUT2D eigenvalue weighted by molar-refractivity contribution is 5.48. The van der Waals surface area contributed by atoms with Crippen LogP contribution in [-0.4, -0.2) is 19.5 Å². The Morgan fingerprint density at radius 3 is 2.72 bits per heavy atom. The molecule has 0 fully saturated rings. The fourth-order valence-corrected chi connectivity index (χ4v) is 1.73. The van der Waals surface area contributed by atoms with E-state index in [-0.39, 0.29) is 11.0 Å². The molecule has 5 nitrogen and oxygen atoms in total. The summed E-state index contributed by atoms with van der Waals surface area (Å²) in [5.74, 6) is 0.576. The summed E-state index contributed by atoms with van der Waals surface area (Å²) in [5, 5.41) is 0. The second-order valence-electron chi connectivity index (χ2n) is 5.29. The highest BCUT2D eigenvalue weighted by Gasteiger charge is 2.18. The number of imidazole rings is 1. The first-order valence-electron chi connectivity index (χ1n) is 6.04. The number of H-pyrrole nitrogens is 1. The molecule has 2 rings (SSSR count). The van der Waals surface area contributed by atoms with Crippen LogP contribution in [0.4, 0.5) is 0 Å². The van der Waals surface area contributed by atoms with Gasteiger partial charge in [-0.05, 0) is 6.92 Å². The molecule has 0 spiro atoms. The van der Waals surface area contributed by atoms with Crippen molar-refractivity contribution in [2.45, 2.75) is 39.7 Å². The number of nitrogens with zero attached hydrogens (tertiary/aromatic N) is 3. The molecule has 1 N–H and O–H groups in total. The van der Waals surface area contributed by atoms with Crippen LogP contribution in [0.3, 0.4) is 0 Å². The summed E-state index contributed by atoms with van der Waals surface area (Å²) < 4.78 is 1.95. The van der Waals surface area contributed by atoms with E-state index in [0.717, 1.165) is 17.9 Å². The maximum Gasteiger partial charge on any atom is 0.251 e. The number of aromatic nitrogens is 4. The zero-order valence-electron chi connectivity index (χ0n) is 11.2. The lowest BCUT2D eigenvalue weighted by Gasteiger charge is -2.18. The van der Waals surface area contributed by atoms with Crippen LogP contribution < -0.4 is 5.56 Å². The molecule has 2 heterocycles. The van der Waals surface area contributed by atoms with Gasteiger partial charge in [0.1, 0.15) is 5.69 Å². The molecule has 18 heavy (non-hydrogen) atoms. The first-order chi connectivity index (χ1) is 8.41. The molecule has 96 valence electrons. The summed E-state index contributed by atoms with van der Waals surface area (Å²) >= 11 is 0. The van der Waals surface area contributed by atoms with E-state index in [1.165, 1.54) is 0 Å². The molecular formula is C13H18N4O. The maximum absolute atomic E-state index is 11.7.